The van der Waals surface area contributed by atoms with E-state index in [4.69, 9.17) is 17.3 Å². The summed E-state index contributed by atoms with van der Waals surface area (Å²) < 4.78 is 0. The van der Waals surface area contributed by atoms with E-state index in [1.54, 1.807) is 12.4 Å². The third-order valence-corrected chi connectivity index (χ3v) is 3.65. The molecule has 0 aliphatic carbocycles. The van der Waals surface area contributed by atoms with Crippen LogP contribution in [0.25, 0.3) is 0 Å². The number of halogens is 1. The van der Waals surface area contributed by atoms with Crippen molar-refractivity contribution >= 4 is 11.6 Å². The molecule has 4 heteroatoms. The molecule has 1 atom stereocenters. The topological polar surface area (TPSA) is 54.7 Å². The Balaban J connectivity index is 2.21. The predicted molar refractivity (Wildman–Crippen MR) is 80.6 cm³/mol. The quantitative estimate of drug-likeness (QED) is 0.775. The number of imidazole rings is 1. The molecule has 0 amide bonds. The van der Waals surface area contributed by atoms with Gasteiger partial charge in [-0.25, -0.2) is 4.98 Å². The van der Waals surface area contributed by atoms with E-state index in [0.717, 1.165) is 11.1 Å². The van der Waals surface area contributed by atoms with Crippen LogP contribution in [0.2, 0.25) is 5.02 Å². The molecule has 0 saturated carbocycles. The van der Waals surface area contributed by atoms with Crippen molar-refractivity contribution in [2.24, 2.45) is 5.73 Å². The first-order valence-electron chi connectivity index (χ1n) is 6.31. The van der Waals surface area contributed by atoms with Crippen LogP contribution in [-0.2, 0) is 5.54 Å². The van der Waals surface area contributed by atoms with Crippen LogP contribution < -0.4 is 5.73 Å². The molecule has 0 spiro atoms. The van der Waals surface area contributed by atoms with Gasteiger partial charge in [0.05, 0.1) is 0 Å². The molecular weight excluding hydrogens is 270 g/mol. The number of rotatable bonds is 3. The van der Waals surface area contributed by atoms with Crippen LogP contribution in [0.15, 0.2) is 67.0 Å². The molecule has 2 aromatic carbocycles. The molecular formula is C16H14ClN3. The van der Waals surface area contributed by atoms with Gasteiger partial charge >= 0.3 is 0 Å². The van der Waals surface area contributed by atoms with Crippen molar-refractivity contribution < 1.29 is 0 Å². The van der Waals surface area contributed by atoms with Crippen LogP contribution >= 0.6 is 11.6 Å². The van der Waals surface area contributed by atoms with Crippen molar-refractivity contribution in [3.8, 4) is 0 Å². The number of hydrogen-bond donors (Lipinski definition) is 2. The molecule has 3 nitrogen and oxygen atoms in total. The lowest BCUT2D eigenvalue weighted by atomic mass is 9.83. The Morgan fingerprint density at radius 3 is 2.20 bits per heavy atom. The summed E-state index contributed by atoms with van der Waals surface area (Å²) in [4.78, 5) is 7.47. The summed E-state index contributed by atoms with van der Waals surface area (Å²) in [7, 11) is 0. The summed E-state index contributed by atoms with van der Waals surface area (Å²) in [6, 6.07) is 17.4. The zero-order valence-corrected chi connectivity index (χ0v) is 11.5. The Kier molecular flexibility index (Phi) is 3.30. The minimum absolute atomic E-state index is 0.684. The molecule has 0 unspecified atom stereocenters. The van der Waals surface area contributed by atoms with Gasteiger partial charge in [0.2, 0.25) is 0 Å². The van der Waals surface area contributed by atoms with Crippen LogP contribution in [0.3, 0.4) is 0 Å². The van der Waals surface area contributed by atoms with Gasteiger partial charge in [-0.2, -0.15) is 0 Å². The second kappa shape index (κ2) is 5.12. The number of benzene rings is 2. The fourth-order valence-corrected chi connectivity index (χ4v) is 2.46. The zero-order valence-electron chi connectivity index (χ0n) is 10.8. The SMILES string of the molecule is N[C@@](c1ccccc1)(c1ccc(Cl)cc1)c1ncc[nH]1. The van der Waals surface area contributed by atoms with Crippen LogP contribution in [0.5, 0.6) is 0 Å². The molecule has 0 fully saturated rings. The number of H-pyrrole nitrogens is 1. The predicted octanol–water partition coefficient (Wildman–Crippen LogP) is 3.31. The van der Waals surface area contributed by atoms with E-state index in [-0.39, 0.29) is 0 Å². The highest BCUT2D eigenvalue weighted by Crippen LogP contribution is 2.32. The van der Waals surface area contributed by atoms with Crippen molar-refractivity contribution in [2.75, 3.05) is 0 Å². The van der Waals surface area contributed by atoms with Gasteiger partial charge in [-0.3, -0.25) is 0 Å². The lowest BCUT2D eigenvalue weighted by Gasteiger charge is -2.28. The summed E-state index contributed by atoms with van der Waals surface area (Å²) in [6.07, 6.45) is 3.48. The van der Waals surface area contributed by atoms with Crippen molar-refractivity contribution in [1.29, 1.82) is 0 Å². The Morgan fingerprint density at radius 1 is 0.950 bits per heavy atom. The number of nitrogens with one attached hydrogen (secondary N) is 1. The number of hydrogen-bond acceptors (Lipinski definition) is 2. The van der Waals surface area contributed by atoms with Gasteiger partial charge in [-0.15, -0.1) is 0 Å². The first-order chi connectivity index (χ1) is 9.71. The van der Waals surface area contributed by atoms with Gasteiger partial charge in [0.1, 0.15) is 11.4 Å². The van der Waals surface area contributed by atoms with Crippen LogP contribution in [-0.4, -0.2) is 9.97 Å². The van der Waals surface area contributed by atoms with E-state index in [9.17, 15) is 0 Å². The summed E-state index contributed by atoms with van der Waals surface area (Å²) in [5.41, 5.74) is 7.80. The molecule has 3 N–H and O–H groups in total. The van der Waals surface area contributed by atoms with Crippen molar-refractivity contribution in [2.45, 2.75) is 5.54 Å². The molecule has 1 heterocycles. The molecule has 0 aliphatic rings. The maximum Gasteiger partial charge on any atom is 0.135 e. The Morgan fingerprint density at radius 2 is 1.60 bits per heavy atom. The van der Waals surface area contributed by atoms with E-state index in [1.165, 1.54) is 0 Å². The van der Waals surface area contributed by atoms with Crippen molar-refractivity contribution in [3.05, 3.63) is 89.0 Å². The molecule has 3 rings (SSSR count). The Hall–Kier alpha value is -2.10. The smallest absolute Gasteiger partial charge is 0.135 e. The van der Waals surface area contributed by atoms with Gasteiger partial charge in [0.25, 0.3) is 0 Å². The number of nitrogens with two attached hydrogens (primary N) is 1. The molecule has 0 bridgehead atoms. The van der Waals surface area contributed by atoms with Gasteiger partial charge in [0, 0.05) is 17.4 Å². The van der Waals surface area contributed by atoms with E-state index in [2.05, 4.69) is 9.97 Å². The Bertz CT molecular complexity index is 678. The third kappa shape index (κ3) is 2.11. The number of aromatic nitrogens is 2. The molecule has 3 aromatic rings. The number of nitrogens with zero attached hydrogens (tertiary/aromatic N) is 1. The lowest BCUT2D eigenvalue weighted by molar-refractivity contribution is 0.610. The number of aromatic amines is 1. The molecule has 0 saturated heterocycles. The molecule has 100 valence electrons. The van der Waals surface area contributed by atoms with Gasteiger partial charge < -0.3 is 10.7 Å². The average Bonchev–Trinajstić information content (AvgIpc) is 3.03. The summed E-state index contributed by atoms with van der Waals surface area (Å²) in [5.74, 6) is 0.700. The Labute approximate surface area is 122 Å². The van der Waals surface area contributed by atoms with Crippen molar-refractivity contribution in [3.63, 3.8) is 0 Å². The lowest BCUT2D eigenvalue weighted by Crippen LogP contribution is -2.40. The van der Waals surface area contributed by atoms with Crippen LogP contribution in [0, 0.1) is 0 Å². The third-order valence-electron chi connectivity index (χ3n) is 3.40. The fourth-order valence-electron chi connectivity index (χ4n) is 2.33. The highest BCUT2D eigenvalue weighted by atomic mass is 35.5. The highest BCUT2D eigenvalue weighted by Gasteiger charge is 2.34. The highest BCUT2D eigenvalue weighted by molar-refractivity contribution is 6.30. The molecule has 0 radical (unpaired) electrons. The second-order valence-electron chi connectivity index (χ2n) is 4.62. The largest absolute Gasteiger partial charge is 0.346 e. The minimum Gasteiger partial charge on any atom is -0.346 e. The average molecular weight is 284 g/mol. The maximum absolute atomic E-state index is 6.72. The van der Waals surface area contributed by atoms with Crippen LogP contribution in [0.4, 0.5) is 0 Å². The first-order valence-corrected chi connectivity index (χ1v) is 6.69. The van der Waals surface area contributed by atoms with Gasteiger partial charge in [-0.05, 0) is 23.3 Å². The normalized spacial score (nSPS) is 13.9. The summed E-state index contributed by atoms with van der Waals surface area (Å²) in [6.45, 7) is 0. The minimum atomic E-state index is -0.824. The van der Waals surface area contributed by atoms with Crippen molar-refractivity contribution in [1.82, 2.24) is 9.97 Å². The van der Waals surface area contributed by atoms with Gasteiger partial charge in [-0.1, -0.05) is 54.1 Å². The zero-order chi connectivity index (χ0) is 14.0. The van der Waals surface area contributed by atoms with Gasteiger partial charge in [0.15, 0.2) is 0 Å². The van der Waals surface area contributed by atoms with E-state index in [0.29, 0.717) is 10.8 Å². The second-order valence-corrected chi connectivity index (χ2v) is 5.06. The monoisotopic (exact) mass is 283 g/mol. The summed E-state index contributed by atoms with van der Waals surface area (Å²) in [5, 5.41) is 0.684. The molecule has 0 aliphatic heterocycles. The summed E-state index contributed by atoms with van der Waals surface area (Å²) >= 11 is 5.97. The van der Waals surface area contributed by atoms with E-state index in [1.807, 2.05) is 54.6 Å². The maximum atomic E-state index is 6.72. The molecule has 20 heavy (non-hydrogen) atoms. The standard InChI is InChI=1S/C16H14ClN3/c17-14-8-6-13(7-9-14)16(18,15-19-10-11-20-15)12-4-2-1-3-5-12/h1-11H,18H2,(H,19,20)/t16-/m0/s1. The van der Waals surface area contributed by atoms with E-state index < -0.39 is 5.54 Å². The fraction of sp³-hybridized carbons (Fsp3) is 0.0625. The molecule has 1 aromatic heterocycles. The van der Waals surface area contributed by atoms with E-state index >= 15 is 0 Å². The first kappa shape index (κ1) is 12.9. The van der Waals surface area contributed by atoms with Crippen LogP contribution in [0.1, 0.15) is 17.0 Å².